The van der Waals surface area contributed by atoms with Crippen LogP contribution in [0.5, 0.6) is 0 Å². The third-order valence-corrected chi connectivity index (χ3v) is 8.12. The Bertz CT molecular complexity index is 849. The first-order valence-corrected chi connectivity index (χ1v) is 10.3. The van der Waals surface area contributed by atoms with Crippen molar-refractivity contribution >= 4 is 27.1 Å². The highest BCUT2D eigenvalue weighted by Gasteiger charge is 2.38. The molecule has 0 aliphatic carbocycles. The average Bonchev–Trinajstić information content (AvgIpc) is 3.30. The summed E-state index contributed by atoms with van der Waals surface area (Å²) in [6.45, 7) is 3.45. The monoisotopic (exact) mass is 362 g/mol. The Kier molecular flexibility index (Phi) is 3.94. The van der Waals surface area contributed by atoms with E-state index in [9.17, 15) is 13.2 Å². The summed E-state index contributed by atoms with van der Waals surface area (Å²) in [7, 11) is -3.55. The number of hydrogen-bond donors (Lipinski definition) is 1. The average molecular weight is 362 g/mol. The molecule has 0 radical (unpaired) electrons. The van der Waals surface area contributed by atoms with E-state index in [1.165, 1.54) is 0 Å². The third kappa shape index (κ3) is 2.66. The molecule has 3 heterocycles. The van der Waals surface area contributed by atoms with Crippen molar-refractivity contribution in [1.29, 1.82) is 0 Å². The molecule has 0 unspecified atom stereocenters. The van der Waals surface area contributed by atoms with E-state index in [1.807, 2.05) is 4.90 Å². The van der Waals surface area contributed by atoms with Gasteiger partial charge in [0.25, 0.3) is 5.91 Å². The summed E-state index contributed by atoms with van der Waals surface area (Å²) in [6, 6.07) is 11.5. The highest BCUT2D eigenvalue weighted by Crippen LogP contribution is 2.31. The van der Waals surface area contributed by atoms with Crippen LogP contribution in [0, 0.1) is 11.8 Å². The summed E-state index contributed by atoms with van der Waals surface area (Å²) < 4.78 is 25.5. The Morgan fingerprint density at radius 3 is 2.38 bits per heavy atom. The minimum Gasteiger partial charge on any atom is -0.337 e. The van der Waals surface area contributed by atoms with Crippen molar-refractivity contribution < 1.29 is 13.2 Å². The Balaban J connectivity index is 1.56. The lowest BCUT2D eigenvalue weighted by atomic mass is 10.0. The van der Waals surface area contributed by atoms with Crippen LogP contribution in [-0.4, -0.2) is 45.4 Å². The number of benzene rings is 1. The van der Waals surface area contributed by atoms with E-state index in [4.69, 9.17) is 0 Å². The standard InChI is InChI=1S/C17H18N2O3S2/c20-17(19-10-12-8-18-9-13(12)11-19)15-6-7-16(23-15)24(21,22)14-4-2-1-3-5-14/h1-7,12-13,18H,8-11H2/t12-,13+. The van der Waals surface area contributed by atoms with Crippen molar-refractivity contribution in [3.8, 4) is 0 Å². The van der Waals surface area contributed by atoms with Gasteiger partial charge in [-0.2, -0.15) is 0 Å². The van der Waals surface area contributed by atoms with Gasteiger partial charge in [-0.3, -0.25) is 4.79 Å². The van der Waals surface area contributed by atoms with Crippen LogP contribution >= 0.6 is 11.3 Å². The fraction of sp³-hybridized carbons (Fsp3) is 0.353. The smallest absolute Gasteiger partial charge is 0.263 e. The number of fused-ring (bicyclic) bond motifs is 1. The lowest BCUT2D eigenvalue weighted by Gasteiger charge is -2.16. The molecule has 2 fully saturated rings. The number of hydrogen-bond acceptors (Lipinski definition) is 5. The van der Waals surface area contributed by atoms with Crippen LogP contribution in [0.2, 0.25) is 0 Å². The molecule has 2 saturated heterocycles. The number of likely N-dealkylation sites (tertiary alicyclic amines) is 1. The van der Waals surface area contributed by atoms with Crippen molar-refractivity contribution in [2.75, 3.05) is 26.2 Å². The minimum absolute atomic E-state index is 0.0519. The number of carbonyl (C=O) groups excluding carboxylic acids is 1. The van der Waals surface area contributed by atoms with Gasteiger partial charge in [0.1, 0.15) is 4.21 Å². The molecule has 0 bridgehead atoms. The van der Waals surface area contributed by atoms with Gasteiger partial charge < -0.3 is 10.2 Å². The molecule has 2 aliphatic rings. The quantitative estimate of drug-likeness (QED) is 0.905. The topological polar surface area (TPSA) is 66.5 Å². The van der Waals surface area contributed by atoms with E-state index in [0.29, 0.717) is 16.7 Å². The molecule has 1 N–H and O–H groups in total. The number of nitrogens with one attached hydrogen (secondary N) is 1. The largest absolute Gasteiger partial charge is 0.337 e. The van der Waals surface area contributed by atoms with Gasteiger partial charge in [-0.15, -0.1) is 11.3 Å². The van der Waals surface area contributed by atoms with Gasteiger partial charge in [0, 0.05) is 26.2 Å². The molecule has 0 saturated carbocycles. The summed E-state index contributed by atoms with van der Waals surface area (Å²) in [5.41, 5.74) is 0. The molecule has 4 rings (SSSR count). The van der Waals surface area contributed by atoms with Crippen LogP contribution in [0.25, 0.3) is 0 Å². The molecule has 1 aromatic carbocycles. The number of sulfone groups is 1. The van der Waals surface area contributed by atoms with Crippen LogP contribution in [0.4, 0.5) is 0 Å². The Morgan fingerprint density at radius 1 is 1.04 bits per heavy atom. The van der Waals surface area contributed by atoms with E-state index < -0.39 is 9.84 Å². The van der Waals surface area contributed by atoms with Gasteiger partial charge >= 0.3 is 0 Å². The second kappa shape index (κ2) is 5.98. The second-order valence-corrected chi connectivity index (χ2v) is 9.58. The van der Waals surface area contributed by atoms with Gasteiger partial charge in [-0.05, 0) is 36.1 Å². The van der Waals surface area contributed by atoms with Crippen molar-refractivity contribution in [1.82, 2.24) is 10.2 Å². The van der Waals surface area contributed by atoms with Crippen molar-refractivity contribution in [2.24, 2.45) is 11.8 Å². The van der Waals surface area contributed by atoms with Crippen LogP contribution in [0.3, 0.4) is 0 Å². The summed E-state index contributed by atoms with van der Waals surface area (Å²) in [6.07, 6.45) is 0. The molecular weight excluding hydrogens is 344 g/mol. The number of thiophene rings is 1. The molecule has 7 heteroatoms. The predicted octanol–water partition coefficient (Wildman–Crippen LogP) is 1.87. The lowest BCUT2D eigenvalue weighted by Crippen LogP contribution is -2.31. The van der Waals surface area contributed by atoms with Crippen LogP contribution in [0.1, 0.15) is 9.67 Å². The highest BCUT2D eigenvalue weighted by molar-refractivity contribution is 7.93. The van der Waals surface area contributed by atoms with Gasteiger partial charge in [-0.25, -0.2) is 8.42 Å². The molecule has 126 valence electrons. The number of rotatable bonds is 3. The van der Waals surface area contributed by atoms with Gasteiger partial charge in [0.2, 0.25) is 9.84 Å². The maximum atomic E-state index is 12.7. The van der Waals surface area contributed by atoms with E-state index in [2.05, 4.69) is 5.32 Å². The first kappa shape index (κ1) is 15.8. The minimum atomic E-state index is -3.55. The van der Waals surface area contributed by atoms with E-state index in [-0.39, 0.29) is 15.0 Å². The van der Waals surface area contributed by atoms with E-state index in [1.54, 1.807) is 42.5 Å². The third-order valence-electron chi connectivity index (χ3n) is 4.79. The fourth-order valence-corrected chi connectivity index (χ4v) is 6.17. The Labute approximate surface area is 145 Å². The summed E-state index contributed by atoms with van der Waals surface area (Å²) in [5, 5.41) is 3.35. The highest BCUT2D eigenvalue weighted by atomic mass is 32.2. The second-order valence-electron chi connectivity index (χ2n) is 6.32. The van der Waals surface area contributed by atoms with Crippen molar-refractivity contribution in [2.45, 2.75) is 9.10 Å². The fourth-order valence-electron chi connectivity index (χ4n) is 3.47. The maximum absolute atomic E-state index is 12.7. The number of carbonyl (C=O) groups is 1. The zero-order valence-electron chi connectivity index (χ0n) is 13.0. The molecule has 1 amide bonds. The summed E-state index contributed by atoms with van der Waals surface area (Å²) >= 11 is 1.06. The van der Waals surface area contributed by atoms with E-state index >= 15 is 0 Å². The molecule has 24 heavy (non-hydrogen) atoms. The normalized spacial score (nSPS) is 23.4. The van der Waals surface area contributed by atoms with Gasteiger partial charge in [-0.1, -0.05) is 18.2 Å². The molecule has 2 atom stereocenters. The van der Waals surface area contributed by atoms with Crippen LogP contribution < -0.4 is 5.32 Å². The SMILES string of the molecule is O=C(c1ccc(S(=O)(=O)c2ccccc2)s1)N1C[C@H]2CNC[C@H]2C1. The van der Waals surface area contributed by atoms with Gasteiger partial charge in [0.05, 0.1) is 9.77 Å². The first-order valence-electron chi connectivity index (χ1n) is 7.95. The molecule has 0 spiro atoms. The number of amides is 1. The van der Waals surface area contributed by atoms with E-state index in [0.717, 1.165) is 37.5 Å². The molecule has 5 nitrogen and oxygen atoms in total. The molecular formula is C17H18N2O3S2. The van der Waals surface area contributed by atoms with Crippen molar-refractivity contribution in [3.05, 3.63) is 47.3 Å². The zero-order valence-corrected chi connectivity index (χ0v) is 14.6. The molecule has 1 aromatic heterocycles. The van der Waals surface area contributed by atoms with Crippen molar-refractivity contribution in [3.63, 3.8) is 0 Å². The lowest BCUT2D eigenvalue weighted by molar-refractivity contribution is 0.0786. The molecule has 2 aromatic rings. The first-order chi connectivity index (χ1) is 11.6. The van der Waals surface area contributed by atoms with Crippen LogP contribution in [-0.2, 0) is 9.84 Å². The number of nitrogens with zero attached hydrogens (tertiary/aromatic N) is 1. The zero-order chi connectivity index (χ0) is 16.7. The Hall–Kier alpha value is -1.70. The maximum Gasteiger partial charge on any atom is 0.263 e. The van der Waals surface area contributed by atoms with Gasteiger partial charge in [0.15, 0.2) is 0 Å². The Morgan fingerprint density at radius 2 is 1.71 bits per heavy atom. The predicted molar refractivity (Wildman–Crippen MR) is 92.0 cm³/mol. The molecule has 2 aliphatic heterocycles. The van der Waals surface area contributed by atoms with Crippen LogP contribution in [0.15, 0.2) is 51.6 Å². The summed E-state index contributed by atoms with van der Waals surface area (Å²) in [5.74, 6) is 1.01. The summed E-state index contributed by atoms with van der Waals surface area (Å²) in [4.78, 5) is 15.3.